The fourth-order valence-electron chi connectivity index (χ4n) is 1.42. The van der Waals surface area contributed by atoms with Crippen LogP contribution in [0.3, 0.4) is 0 Å². The van der Waals surface area contributed by atoms with Gasteiger partial charge in [-0.3, -0.25) is 15.4 Å². The summed E-state index contributed by atoms with van der Waals surface area (Å²) in [5, 5.41) is 15.9. The van der Waals surface area contributed by atoms with Crippen molar-refractivity contribution in [3.8, 4) is 0 Å². The molecular formula is C11H12ClN3O4S. The number of rotatable bonds is 3. The van der Waals surface area contributed by atoms with Crippen LogP contribution in [-0.4, -0.2) is 22.7 Å². The number of hydrogen-bond donors (Lipinski definition) is 2. The predicted octanol–water partition coefficient (Wildman–Crippen LogP) is 3.00. The standard InChI is InChI=1S/C11H12ClN3O4S/c1-3-19-11(16)14-10(20)13-9-6(2)8(15(17)18)5-4-7(9)12/h4-5H,3H2,1-2H3,(H2,13,14,16,20). The number of thiocarbonyl (C=S) groups is 1. The number of ether oxygens (including phenoxy) is 1. The number of anilines is 1. The first-order valence-electron chi connectivity index (χ1n) is 5.55. The number of nitrogens with one attached hydrogen (secondary N) is 2. The van der Waals surface area contributed by atoms with Gasteiger partial charge in [0.15, 0.2) is 5.11 Å². The monoisotopic (exact) mass is 317 g/mol. The Morgan fingerprint density at radius 2 is 2.20 bits per heavy atom. The highest BCUT2D eigenvalue weighted by molar-refractivity contribution is 7.80. The minimum atomic E-state index is -0.718. The number of nitro groups is 1. The fraction of sp³-hybridized carbons (Fsp3) is 0.273. The smallest absolute Gasteiger partial charge is 0.413 e. The summed E-state index contributed by atoms with van der Waals surface area (Å²) in [7, 11) is 0. The van der Waals surface area contributed by atoms with E-state index >= 15 is 0 Å². The third-order valence-electron chi connectivity index (χ3n) is 2.31. The molecule has 0 heterocycles. The number of amides is 1. The Morgan fingerprint density at radius 1 is 1.55 bits per heavy atom. The lowest BCUT2D eigenvalue weighted by Crippen LogP contribution is -2.34. The summed E-state index contributed by atoms with van der Waals surface area (Å²) in [6.07, 6.45) is -0.718. The summed E-state index contributed by atoms with van der Waals surface area (Å²) >= 11 is 10.9. The molecule has 20 heavy (non-hydrogen) atoms. The van der Waals surface area contributed by atoms with Crippen molar-refractivity contribution in [2.75, 3.05) is 11.9 Å². The Kier molecular flexibility index (Phi) is 5.66. The lowest BCUT2D eigenvalue weighted by Gasteiger charge is -2.13. The number of carbonyl (C=O) groups is 1. The lowest BCUT2D eigenvalue weighted by molar-refractivity contribution is -0.385. The Hall–Kier alpha value is -1.93. The van der Waals surface area contributed by atoms with Crippen LogP contribution in [0.25, 0.3) is 0 Å². The minimum Gasteiger partial charge on any atom is -0.450 e. The average molecular weight is 318 g/mol. The van der Waals surface area contributed by atoms with Crippen LogP contribution >= 0.6 is 23.8 Å². The Bertz CT molecular complexity index is 565. The van der Waals surface area contributed by atoms with Gasteiger partial charge in [0.1, 0.15) is 0 Å². The second kappa shape index (κ2) is 7.01. The Morgan fingerprint density at radius 3 is 2.75 bits per heavy atom. The molecule has 0 saturated heterocycles. The summed E-state index contributed by atoms with van der Waals surface area (Å²) in [4.78, 5) is 21.5. The lowest BCUT2D eigenvalue weighted by atomic mass is 10.1. The van der Waals surface area contributed by atoms with Crippen LogP contribution in [0.5, 0.6) is 0 Å². The normalized spacial score (nSPS) is 9.75. The molecule has 0 radical (unpaired) electrons. The number of carbonyl (C=O) groups excluding carboxylic acids is 1. The van der Waals surface area contributed by atoms with Crippen molar-refractivity contribution in [1.82, 2.24) is 5.32 Å². The SMILES string of the molecule is CCOC(=O)NC(=S)Nc1c(Cl)ccc([N+](=O)[O-])c1C. The third kappa shape index (κ3) is 4.04. The number of halogens is 1. The molecule has 1 rings (SSSR count). The molecule has 0 aliphatic carbocycles. The second-order valence-corrected chi connectivity index (χ2v) is 4.44. The van der Waals surface area contributed by atoms with Crippen molar-refractivity contribution in [2.24, 2.45) is 0 Å². The van der Waals surface area contributed by atoms with Gasteiger partial charge >= 0.3 is 6.09 Å². The van der Waals surface area contributed by atoms with Crippen molar-refractivity contribution in [1.29, 1.82) is 0 Å². The molecular weight excluding hydrogens is 306 g/mol. The molecule has 9 heteroatoms. The number of benzene rings is 1. The first-order chi connectivity index (χ1) is 9.36. The Labute approximate surface area is 125 Å². The molecule has 7 nitrogen and oxygen atoms in total. The van der Waals surface area contributed by atoms with Crippen LogP contribution in [0.15, 0.2) is 12.1 Å². The summed E-state index contributed by atoms with van der Waals surface area (Å²) < 4.78 is 4.65. The van der Waals surface area contributed by atoms with Gasteiger partial charge in [0.05, 0.1) is 27.8 Å². The van der Waals surface area contributed by atoms with E-state index in [-0.39, 0.29) is 28.1 Å². The molecule has 1 aromatic rings. The molecule has 0 saturated carbocycles. The highest BCUT2D eigenvalue weighted by atomic mass is 35.5. The zero-order chi connectivity index (χ0) is 15.3. The zero-order valence-electron chi connectivity index (χ0n) is 10.7. The van der Waals surface area contributed by atoms with E-state index in [1.54, 1.807) is 6.92 Å². The predicted molar refractivity (Wildman–Crippen MR) is 79.2 cm³/mol. The number of hydrogen-bond acceptors (Lipinski definition) is 5. The zero-order valence-corrected chi connectivity index (χ0v) is 12.3. The van der Waals surface area contributed by atoms with Gasteiger partial charge in [-0.15, -0.1) is 0 Å². The molecule has 108 valence electrons. The Balaban J connectivity index is 2.92. The minimum absolute atomic E-state index is 0.0612. The van der Waals surface area contributed by atoms with E-state index in [1.165, 1.54) is 19.1 Å². The summed E-state index contributed by atoms with van der Waals surface area (Å²) in [5.41, 5.74) is 0.481. The summed E-state index contributed by atoms with van der Waals surface area (Å²) in [6.45, 7) is 3.38. The first kappa shape index (κ1) is 16.1. The topological polar surface area (TPSA) is 93.5 Å². The van der Waals surface area contributed by atoms with Gasteiger partial charge in [-0.05, 0) is 32.1 Å². The molecule has 0 bridgehead atoms. The number of nitro benzene ring substituents is 1. The van der Waals surface area contributed by atoms with E-state index in [0.717, 1.165) is 0 Å². The molecule has 0 unspecified atom stereocenters. The van der Waals surface area contributed by atoms with Gasteiger partial charge < -0.3 is 10.1 Å². The summed E-state index contributed by atoms with van der Waals surface area (Å²) in [6, 6.07) is 2.67. The van der Waals surface area contributed by atoms with Crippen LogP contribution in [-0.2, 0) is 4.74 Å². The maximum absolute atomic E-state index is 11.2. The molecule has 0 aliphatic rings. The van der Waals surface area contributed by atoms with Crippen molar-refractivity contribution in [3.63, 3.8) is 0 Å². The van der Waals surface area contributed by atoms with Crippen LogP contribution in [0.1, 0.15) is 12.5 Å². The maximum Gasteiger partial charge on any atom is 0.413 e. The molecule has 1 aromatic carbocycles. The van der Waals surface area contributed by atoms with Crippen molar-refractivity contribution >= 4 is 46.4 Å². The second-order valence-electron chi connectivity index (χ2n) is 3.62. The van der Waals surface area contributed by atoms with Gasteiger partial charge in [-0.1, -0.05) is 11.6 Å². The molecule has 0 aliphatic heterocycles. The molecule has 0 atom stereocenters. The first-order valence-corrected chi connectivity index (χ1v) is 6.33. The van der Waals surface area contributed by atoms with E-state index < -0.39 is 11.0 Å². The maximum atomic E-state index is 11.2. The third-order valence-corrected chi connectivity index (χ3v) is 2.83. The van der Waals surface area contributed by atoms with Gasteiger partial charge in [-0.2, -0.15) is 0 Å². The largest absolute Gasteiger partial charge is 0.450 e. The number of alkyl carbamates (subject to hydrolysis) is 1. The van der Waals surface area contributed by atoms with Gasteiger partial charge in [0, 0.05) is 6.07 Å². The van der Waals surface area contributed by atoms with E-state index in [2.05, 4.69) is 15.4 Å². The number of nitrogens with zero attached hydrogens (tertiary/aromatic N) is 1. The van der Waals surface area contributed by atoms with Crippen molar-refractivity contribution in [2.45, 2.75) is 13.8 Å². The highest BCUT2D eigenvalue weighted by Crippen LogP contribution is 2.32. The average Bonchev–Trinajstić information content (AvgIpc) is 2.34. The van der Waals surface area contributed by atoms with Gasteiger partial charge in [-0.25, -0.2) is 4.79 Å². The quantitative estimate of drug-likeness (QED) is 0.505. The van der Waals surface area contributed by atoms with E-state index in [9.17, 15) is 14.9 Å². The molecule has 2 N–H and O–H groups in total. The van der Waals surface area contributed by atoms with Gasteiger partial charge in [0.2, 0.25) is 0 Å². The van der Waals surface area contributed by atoms with Crippen molar-refractivity contribution < 1.29 is 14.5 Å². The van der Waals surface area contributed by atoms with Gasteiger partial charge in [0.25, 0.3) is 5.69 Å². The van der Waals surface area contributed by atoms with Crippen LogP contribution < -0.4 is 10.6 Å². The molecule has 1 amide bonds. The van der Waals surface area contributed by atoms with Crippen molar-refractivity contribution in [3.05, 3.63) is 32.8 Å². The molecule has 0 aromatic heterocycles. The summed E-state index contributed by atoms with van der Waals surface area (Å²) in [5.74, 6) is 0. The van der Waals surface area contributed by atoms with E-state index in [0.29, 0.717) is 5.56 Å². The fourth-order valence-corrected chi connectivity index (χ4v) is 1.86. The van der Waals surface area contributed by atoms with E-state index in [1.807, 2.05) is 0 Å². The highest BCUT2D eigenvalue weighted by Gasteiger charge is 2.18. The van der Waals surface area contributed by atoms with Crippen LogP contribution in [0, 0.1) is 17.0 Å². The van der Waals surface area contributed by atoms with Crippen LogP contribution in [0.2, 0.25) is 5.02 Å². The van der Waals surface area contributed by atoms with Crippen LogP contribution in [0.4, 0.5) is 16.2 Å². The molecule has 0 spiro atoms. The van der Waals surface area contributed by atoms with E-state index in [4.69, 9.17) is 23.8 Å². The molecule has 0 fully saturated rings.